The number of nitrogens with zero attached hydrogens (tertiary/aromatic N) is 3. The van der Waals surface area contributed by atoms with E-state index in [1.807, 2.05) is 29.0 Å². The Bertz CT molecular complexity index is 1400. The number of hydrogen-bond donors (Lipinski definition) is 3. The number of rotatable bonds is 6. The summed E-state index contributed by atoms with van der Waals surface area (Å²) in [4.78, 5) is 30.7. The minimum atomic E-state index is -3.92. The fraction of sp³-hybridized carbons (Fsp3) is 0.105. The van der Waals surface area contributed by atoms with Crippen LogP contribution in [-0.2, 0) is 19.6 Å². The van der Waals surface area contributed by atoms with Crippen LogP contribution in [0.2, 0.25) is 0 Å². The van der Waals surface area contributed by atoms with Crippen molar-refractivity contribution in [1.82, 2.24) is 24.9 Å². The molecule has 0 saturated carbocycles. The molecule has 0 atom stereocenters. The Balaban J connectivity index is 1.39. The second-order valence-electron chi connectivity index (χ2n) is 6.49. The summed E-state index contributed by atoms with van der Waals surface area (Å²) in [6, 6.07) is 13.1. The molecule has 2 heterocycles. The predicted octanol–water partition coefficient (Wildman–Crippen LogP) is 2.06. The Morgan fingerprint density at radius 1 is 1.06 bits per heavy atom. The third-order valence-corrected chi connectivity index (χ3v) is 6.45. The Morgan fingerprint density at radius 3 is 2.55 bits per heavy atom. The van der Waals surface area contributed by atoms with Crippen LogP contribution in [0.1, 0.15) is 6.92 Å². The first kappa shape index (κ1) is 20.8. The van der Waals surface area contributed by atoms with Crippen molar-refractivity contribution in [3.05, 3.63) is 48.5 Å². The average molecular weight is 457 g/mol. The lowest BCUT2D eigenvalue weighted by Crippen LogP contribution is -2.28. The molecule has 12 heteroatoms. The van der Waals surface area contributed by atoms with E-state index in [1.165, 1.54) is 24.3 Å². The monoisotopic (exact) mass is 456 g/mol. The fourth-order valence-corrected chi connectivity index (χ4v) is 4.44. The van der Waals surface area contributed by atoms with E-state index in [9.17, 15) is 18.0 Å². The van der Waals surface area contributed by atoms with Crippen LogP contribution in [-0.4, -0.2) is 46.2 Å². The molecule has 10 nitrogen and oxygen atoms in total. The van der Waals surface area contributed by atoms with Crippen LogP contribution < -0.4 is 10.0 Å². The Kier molecular flexibility index (Phi) is 5.57. The molecule has 2 aromatic heterocycles. The number of aromatic nitrogens is 4. The van der Waals surface area contributed by atoms with Crippen molar-refractivity contribution in [1.29, 1.82) is 0 Å². The van der Waals surface area contributed by atoms with Gasteiger partial charge in [-0.1, -0.05) is 30.0 Å². The summed E-state index contributed by atoms with van der Waals surface area (Å²) in [5.74, 6) is -0.959. The van der Waals surface area contributed by atoms with Crippen LogP contribution in [0.3, 0.4) is 0 Å². The summed E-state index contributed by atoms with van der Waals surface area (Å²) < 4.78 is 25.8. The molecule has 0 fully saturated rings. The molecule has 0 aliphatic carbocycles. The van der Waals surface area contributed by atoms with E-state index < -0.39 is 15.9 Å². The third kappa shape index (κ3) is 4.64. The largest absolute Gasteiger partial charge is 0.338 e. The van der Waals surface area contributed by atoms with Gasteiger partial charge < -0.3 is 10.3 Å². The summed E-state index contributed by atoms with van der Waals surface area (Å²) >= 11 is 1.13. The number of carbonyl (C=O) groups excluding carboxylic acids is 2. The number of anilines is 1. The maximum absolute atomic E-state index is 12.2. The first-order chi connectivity index (χ1) is 14.8. The lowest BCUT2D eigenvalue weighted by atomic mass is 10.2. The van der Waals surface area contributed by atoms with Crippen LogP contribution in [0.25, 0.3) is 22.1 Å². The predicted molar refractivity (Wildman–Crippen MR) is 116 cm³/mol. The van der Waals surface area contributed by atoms with Gasteiger partial charge >= 0.3 is 0 Å². The second kappa shape index (κ2) is 8.32. The van der Waals surface area contributed by atoms with Crippen LogP contribution in [0, 0.1) is 0 Å². The van der Waals surface area contributed by atoms with E-state index in [-0.39, 0.29) is 16.6 Å². The van der Waals surface area contributed by atoms with Gasteiger partial charge in [0.1, 0.15) is 5.52 Å². The average Bonchev–Trinajstić information content (AvgIpc) is 3.09. The molecule has 2 amide bonds. The first-order valence-electron chi connectivity index (χ1n) is 8.99. The van der Waals surface area contributed by atoms with Crippen molar-refractivity contribution in [2.45, 2.75) is 17.0 Å². The molecule has 0 unspecified atom stereocenters. The Morgan fingerprint density at radius 2 is 1.81 bits per heavy atom. The molecule has 0 aliphatic heterocycles. The van der Waals surface area contributed by atoms with Gasteiger partial charge in [-0.2, -0.15) is 0 Å². The van der Waals surface area contributed by atoms with Crippen LogP contribution >= 0.6 is 11.8 Å². The van der Waals surface area contributed by atoms with Crippen LogP contribution in [0.4, 0.5) is 5.69 Å². The zero-order chi connectivity index (χ0) is 22.0. The van der Waals surface area contributed by atoms with E-state index in [0.717, 1.165) is 29.6 Å². The minimum absolute atomic E-state index is 0.0410. The van der Waals surface area contributed by atoms with Gasteiger partial charge in [0.2, 0.25) is 17.0 Å². The van der Waals surface area contributed by atoms with Crippen molar-refractivity contribution in [2.24, 2.45) is 0 Å². The topological polar surface area (TPSA) is 147 Å². The molecule has 0 spiro atoms. The number of aromatic amines is 1. The highest BCUT2D eigenvalue weighted by Crippen LogP contribution is 2.23. The van der Waals surface area contributed by atoms with Gasteiger partial charge in [-0.15, -0.1) is 10.2 Å². The molecule has 0 saturated heterocycles. The number of carbonyl (C=O) groups is 2. The standard InChI is InChI=1S/C19H16N6O4S2/c1-11(26)25-31(28,29)13-8-6-12(7-9-13)20-16(27)10-30-19-22-18-17(23-24-19)14-4-2-3-5-15(14)21-18/h2-9H,10H2,1H3,(H,20,27)(H,25,26)(H,21,22,24). The normalized spacial score (nSPS) is 11.5. The summed E-state index contributed by atoms with van der Waals surface area (Å²) in [6.45, 7) is 1.11. The molecule has 4 aromatic rings. The number of thioether (sulfide) groups is 1. The van der Waals surface area contributed by atoms with Gasteiger partial charge in [-0.05, 0) is 30.3 Å². The van der Waals surface area contributed by atoms with Gasteiger partial charge in [0.25, 0.3) is 10.0 Å². The van der Waals surface area contributed by atoms with E-state index in [0.29, 0.717) is 22.0 Å². The van der Waals surface area contributed by atoms with Gasteiger partial charge in [0.15, 0.2) is 5.65 Å². The number of fused-ring (bicyclic) bond motifs is 3. The van der Waals surface area contributed by atoms with Crippen molar-refractivity contribution in [2.75, 3.05) is 11.1 Å². The molecule has 2 aromatic carbocycles. The summed E-state index contributed by atoms with van der Waals surface area (Å²) in [5, 5.41) is 12.2. The number of H-pyrrole nitrogens is 1. The van der Waals surface area contributed by atoms with Gasteiger partial charge in [0.05, 0.1) is 10.6 Å². The molecule has 4 rings (SSSR count). The van der Waals surface area contributed by atoms with Gasteiger partial charge in [0, 0.05) is 23.5 Å². The van der Waals surface area contributed by atoms with E-state index in [4.69, 9.17) is 0 Å². The quantitative estimate of drug-likeness (QED) is 0.374. The van der Waals surface area contributed by atoms with E-state index in [1.54, 1.807) is 0 Å². The molecule has 0 radical (unpaired) electrons. The van der Waals surface area contributed by atoms with Crippen molar-refractivity contribution >= 4 is 61.4 Å². The SMILES string of the molecule is CC(=O)NS(=O)(=O)c1ccc(NC(=O)CSc2nnc3c(n2)[nH]c2ccccc23)cc1. The Labute approximate surface area is 180 Å². The number of nitrogens with one attached hydrogen (secondary N) is 3. The number of hydrogen-bond acceptors (Lipinski definition) is 8. The van der Waals surface area contributed by atoms with Crippen molar-refractivity contribution < 1.29 is 18.0 Å². The molecule has 0 aliphatic rings. The highest BCUT2D eigenvalue weighted by Gasteiger charge is 2.15. The number of benzene rings is 2. The summed E-state index contributed by atoms with van der Waals surface area (Å²) in [7, 11) is -3.92. The fourth-order valence-electron chi connectivity index (χ4n) is 2.86. The van der Waals surface area contributed by atoms with E-state index in [2.05, 4.69) is 25.5 Å². The second-order valence-corrected chi connectivity index (χ2v) is 9.11. The number of para-hydroxylation sites is 1. The van der Waals surface area contributed by atoms with Crippen LogP contribution in [0.15, 0.2) is 58.6 Å². The highest BCUT2D eigenvalue weighted by molar-refractivity contribution is 7.99. The van der Waals surface area contributed by atoms with Gasteiger partial charge in [-0.3, -0.25) is 9.59 Å². The molecule has 3 N–H and O–H groups in total. The first-order valence-corrected chi connectivity index (χ1v) is 11.5. The Hall–Kier alpha value is -3.51. The zero-order valence-corrected chi connectivity index (χ0v) is 17.8. The maximum atomic E-state index is 12.2. The lowest BCUT2D eigenvalue weighted by Gasteiger charge is -2.07. The highest BCUT2D eigenvalue weighted by atomic mass is 32.2. The molecule has 0 bridgehead atoms. The number of sulfonamides is 1. The summed E-state index contributed by atoms with van der Waals surface area (Å²) in [6.07, 6.45) is 0. The van der Waals surface area contributed by atoms with Crippen molar-refractivity contribution in [3.63, 3.8) is 0 Å². The molecule has 158 valence electrons. The van der Waals surface area contributed by atoms with Crippen molar-refractivity contribution in [3.8, 4) is 0 Å². The lowest BCUT2D eigenvalue weighted by molar-refractivity contribution is -0.117. The molecule has 31 heavy (non-hydrogen) atoms. The smallest absolute Gasteiger partial charge is 0.264 e. The van der Waals surface area contributed by atoms with Crippen LogP contribution in [0.5, 0.6) is 0 Å². The molecular weight excluding hydrogens is 440 g/mol. The third-order valence-electron chi connectivity index (χ3n) is 4.16. The minimum Gasteiger partial charge on any atom is -0.338 e. The summed E-state index contributed by atoms with van der Waals surface area (Å²) in [5.41, 5.74) is 2.58. The van der Waals surface area contributed by atoms with E-state index >= 15 is 0 Å². The number of amides is 2. The van der Waals surface area contributed by atoms with Gasteiger partial charge in [-0.25, -0.2) is 18.1 Å². The molecular formula is C19H16N6O4S2. The maximum Gasteiger partial charge on any atom is 0.264 e. The zero-order valence-electron chi connectivity index (χ0n) is 16.1.